The third-order valence-corrected chi connectivity index (χ3v) is 7.32. The first-order valence-corrected chi connectivity index (χ1v) is 12.6. The quantitative estimate of drug-likeness (QED) is 0.232. The first-order chi connectivity index (χ1) is 16.1. The van der Waals surface area contributed by atoms with Crippen LogP contribution in [-0.2, 0) is 17.8 Å². The fourth-order valence-electron chi connectivity index (χ4n) is 4.01. The Morgan fingerprint density at radius 2 is 1.48 bits per heavy atom. The van der Waals surface area contributed by atoms with Crippen molar-refractivity contribution in [3.8, 4) is 0 Å². The van der Waals surface area contributed by atoms with Crippen LogP contribution in [0.25, 0.3) is 0 Å². The van der Waals surface area contributed by atoms with Gasteiger partial charge in [-0.15, -0.1) is 11.3 Å². The summed E-state index contributed by atoms with van der Waals surface area (Å²) in [4.78, 5) is 16.3. The molecule has 0 bridgehead atoms. The molecule has 0 radical (unpaired) electrons. The van der Waals surface area contributed by atoms with E-state index in [1.165, 1.54) is 11.1 Å². The Hall–Kier alpha value is -2.59. The average molecular weight is 494 g/mol. The Morgan fingerprint density at radius 3 is 2.06 bits per heavy atom. The summed E-state index contributed by atoms with van der Waals surface area (Å²) in [5.74, 6) is 0.321. The normalized spacial score (nSPS) is 11.0. The second-order valence-corrected chi connectivity index (χ2v) is 9.83. The fraction of sp³-hybridized carbons (Fsp3) is 0.179. The largest absolute Gasteiger partial charge is 0.338 e. The summed E-state index contributed by atoms with van der Waals surface area (Å²) in [6.45, 7) is 1.14. The van der Waals surface area contributed by atoms with E-state index in [9.17, 15) is 4.79 Å². The predicted octanol–water partition coefficient (Wildman–Crippen LogP) is 7.85. The molecular weight excluding hydrogens is 469 g/mol. The molecule has 4 rings (SSSR count). The van der Waals surface area contributed by atoms with Crippen LogP contribution in [0.5, 0.6) is 0 Å². The van der Waals surface area contributed by atoms with Crippen LogP contribution in [0, 0.1) is 0 Å². The molecule has 0 aliphatic heterocycles. The molecule has 0 saturated heterocycles. The molecule has 0 unspecified atom stereocenters. The number of amides is 1. The molecule has 33 heavy (non-hydrogen) atoms. The van der Waals surface area contributed by atoms with Gasteiger partial charge in [0, 0.05) is 23.9 Å². The van der Waals surface area contributed by atoms with Crippen LogP contribution in [0.4, 0.5) is 0 Å². The van der Waals surface area contributed by atoms with E-state index in [0.717, 1.165) is 16.9 Å². The third kappa shape index (κ3) is 6.48. The Balaban J connectivity index is 1.57. The number of hydrogen-bond acceptors (Lipinski definition) is 2. The van der Waals surface area contributed by atoms with Crippen molar-refractivity contribution >= 4 is 40.4 Å². The van der Waals surface area contributed by atoms with Crippen LogP contribution in [0.15, 0.2) is 96.4 Å². The van der Waals surface area contributed by atoms with Crippen molar-refractivity contribution in [2.75, 3.05) is 6.54 Å². The number of benzene rings is 3. The lowest BCUT2D eigenvalue weighted by Crippen LogP contribution is -2.33. The van der Waals surface area contributed by atoms with Gasteiger partial charge in [-0.05, 0) is 46.7 Å². The van der Waals surface area contributed by atoms with Crippen LogP contribution in [0.2, 0.25) is 10.0 Å². The maximum atomic E-state index is 13.3. The van der Waals surface area contributed by atoms with E-state index in [4.69, 9.17) is 23.2 Å². The highest BCUT2D eigenvalue weighted by atomic mass is 35.5. The van der Waals surface area contributed by atoms with Gasteiger partial charge in [-0.25, -0.2) is 0 Å². The van der Waals surface area contributed by atoms with Gasteiger partial charge in [-0.1, -0.05) is 96.0 Å². The molecule has 1 heterocycles. The van der Waals surface area contributed by atoms with Crippen molar-refractivity contribution in [3.05, 3.63) is 128 Å². The topological polar surface area (TPSA) is 20.3 Å². The lowest BCUT2D eigenvalue weighted by atomic mass is 9.88. The second-order valence-electron chi connectivity index (χ2n) is 7.98. The second kappa shape index (κ2) is 11.5. The number of hydrogen-bond donors (Lipinski definition) is 0. The van der Waals surface area contributed by atoms with E-state index in [1.807, 2.05) is 46.7 Å². The van der Waals surface area contributed by atoms with E-state index in [2.05, 4.69) is 48.5 Å². The molecule has 0 N–H and O–H groups in total. The van der Waals surface area contributed by atoms with Gasteiger partial charge in [0.15, 0.2) is 0 Å². The van der Waals surface area contributed by atoms with Crippen LogP contribution in [0.3, 0.4) is 0 Å². The van der Waals surface area contributed by atoms with E-state index < -0.39 is 0 Å². The summed E-state index contributed by atoms with van der Waals surface area (Å²) in [5.41, 5.74) is 3.48. The Bertz CT molecular complexity index is 1120. The van der Waals surface area contributed by atoms with Crippen molar-refractivity contribution in [1.29, 1.82) is 0 Å². The number of carbonyl (C=O) groups is 1. The van der Waals surface area contributed by atoms with Gasteiger partial charge in [0.2, 0.25) is 5.91 Å². The minimum atomic E-state index is 0.114. The molecule has 1 aromatic heterocycles. The average Bonchev–Trinajstić information content (AvgIpc) is 3.35. The van der Waals surface area contributed by atoms with E-state index in [1.54, 1.807) is 17.4 Å². The van der Waals surface area contributed by atoms with E-state index >= 15 is 0 Å². The molecule has 4 aromatic rings. The number of rotatable bonds is 9. The van der Waals surface area contributed by atoms with Gasteiger partial charge < -0.3 is 4.90 Å². The maximum Gasteiger partial charge on any atom is 0.228 e. The lowest BCUT2D eigenvalue weighted by molar-refractivity contribution is -0.131. The van der Waals surface area contributed by atoms with Gasteiger partial charge in [-0.3, -0.25) is 4.79 Å². The molecule has 0 aliphatic carbocycles. The number of nitrogens with zero attached hydrogens (tertiary/aromatic N) is 1. The van der Waals surface area contributed by atoms with E-state index in [0.29, 0.717) is 29.6 Å². The van der Waals surface area contributed by atoms with Gasteiger partial charge in [0.25, 0.3) is 0 Å². The number of thiophene rings is 1. The fourth-order valence-corrected chi connectivity index (χ4v) is 5.02. The monoisotopic (exact) mass is 493 g/mol. The number of halogens is 2. The molecule has 0 aliphatic rings. The predicted molar refractivity (Wildman–Crippen MR) is 139 cm³/mol. The van der Waals surface area contributed by atoms with Gasteiger partial charge >= 0.3 is 0 Å². The molecule has 2 nitrogen and oxygen atoms in total. The number of carbonyl (C=O) groups excluding carboxylic acids is 1. The highest BCUT2D eigenvalue weighted by molar-refractivity contribution is 7.10. The summed E-state index contributed by atoms with van der Waals surface area (Å²) in [6, 6.07) is 30.6. The molecule has 0 saturated carbocycles. The maximum absolute atomic E-state index is 13.3. The van der Waals surface area contributed by atoms with Crippen LogP contribution in [-0.4, -0.2) is 17.4 Å². The van der Waals surface area contributed by atoms with Gasteiger partial charge in [-0.2, -0.15) is 0 Å². The van der Waals surface area contributed by atoms with Gasteiger partial charge in [0.1, 0.15) is 0 Å². The molecule has 5 heteroatoms. The van der Waals surface area contributed by atoms with Crippen molar-refractivity contribution in [2.24, 2.45) is 0 Å². The lowest BCUT2D eigenvalue weighted by Gasteiger charge is -2.26. The molecule has 168 valence electrons. The van der Waals surface area contributed by atoms with Crippen LogP contribution < -0.4 is 0 Å². The molecule has 3 aromatic carbocycles. The summed E-state index contributed by atoms with van der Waals surface area (Å²) >= 11 is 14.0. The summed E-state index contributed by atoms with van der Waals surface area (Å²) in [5, 5.41) is 3.03. The van der Waals surface area contributed by atoms with Crippen LogP contribution in [0.1, 0.15) is 33.9 Å². The molecule has 1 amide bonds. The third-order valence-electron chi connectivity index (χ3n) is 5.71. The SMILES string of the molecule is O=C(Cc1cccs1)N(CCC(c1ccccc1)c1ccccc1)Cc1ccc(Cl)c(Cl)c1. The highest BCUT2D eigenvalue weighted by Crippen LogP contribution is 2.29. The summed E-state index contributed by atoms with van der Waals surface area (Å²) < 4.78 is 0. The Kier molecular flexibility index (Phi) is 8.22. The summed E-state index contributed by atoms with van der Waals surface area (Å²) in [7, 11) is 0. The minimum absolute atomic E-state index is 0.114. The minimum Gasteiger partial charge on any atom is -0.338 e. The standard InChI is InChI=1S/C28H25Cl2NOS/c29-26-14-13-21(18-27(26)30)20-31(28(32)19-24-12-7-17-33-24)16-15-25(22-8-3-1-4-9-22)23-10-5-2-6-11-23/h1-14,17-18,25H,15-16,19-20H2. The molecular formula is C28H25Cl2NOS. The van der Waals surface area contributed by atoms with Crippen molar-refractivity contribution in [3.63, 3.8) is 0 Å². The van der Waals surface area contributed by atoms with E-state index in [-0.39, 0.29) is 11.8 Å². The zero-order valence-corrected chi connectivity index (χ0v) is 20.5. The highest BCUT2D eigenvalue weighted by Gasteiger charge is 2.20. The Morgan fingerprint density at radius 1 is 0.818 bits per heavy atom. The van der Waals surface area contributed by atoms with Crippen molar-refractivity contribution < 1.29 is 4.79 Å². The first-order valence-electron chi connectivity index (χ1n) is 10.9. The first kappa shape index (κ1) is 23.6. The molecule has 0 fully saturated rings. The zero-order chi connectivity index (χ0) is 23.0. The van der Waals surface area contributed by atoms with Crippen molar-refractivity contribution in [1.82, 2.24) is 4.90 Å². The zero-order valence-electron chi connectivity index (χ0n) is 18.2. The van der Waals surface area contributed by atoms with Gasteiger partial charge in [0.05, 0.1) is 16.5 Å². The molecule has 0 spiro atoms. The summed E-state index contributed by atoms with van der Waals surface area (Å²) in [6.07, 6.45) is 1.23. The van der Waals surface area contributed by atoms with Crippen LogP contribution >= 0.6 is 34.5 Å². The Labute approximate surface area is 209 Å². The van der Waals surface area contributed by atoms with Crippen molar-refractivity contribution in [2.45, 2.75) is 25.3 Å². The molecule has 0 atom stereocenters. The smallest absolute Gasteiger partial charge is 0.228 e.